The van der Waals surface area contributed by atoms with E-state index >= 15 is 0 Å². The molecule has 1 aliphatic heterocycles. The molecule has 78 valence electrons. The third-order valence-electron chi connectivity index (χ3n) is 2.83. The van der Waals surface area contributed by atoms with Gasteiger partial charge in [-0.05, 0) is 11.5 Å². The van der Waals surface area contributed by atoms with Crippen LogP contribution < -0.4 is 0 Å². The van der Waals surface area contributed by atoms with Gasteiger partial charge in [-0.25, -0.2) is 0 Å². The molecule has 0 amide bonds. The lowest BCUT2D eigenvalue weighted by molar-refractivity contribution is -0.153. The maximum absolute atomic E-state index is 11.4. The summed E-state index contributed by atoms with van der Waals surface area (Å²) in [5.41, 5.74) is 1.06. The van der Waals surface area contributed by atoms with Gasteiger partial charge in [0.25, 0.3) is 0 Å². The van der Waals surface area contributed by atoms with Crippen molar-refractivity contribution in [2.75, 3.05) is 0 Å². The Hall–Kier alpha value is -1.64. The quantitative estimate of drug-likeness (QED) is 0.545. The fraction of sp³-hybridized carbons (Fsp3) is 0.333. The van der Waals surface area contributed by atoms with Crippen molar-refractivity contribution in [3.05, 3.63) is 35.9 Å². The lowest BCUT2D eigenvalue weighted by atomic mass is 9.87. The normalized spacial score (nSPS) is 22.6. The zero-order valence-corrected chi connectivity index (χ0v) is 8.47. The Bertz CT molecular complexity index is 383. The van der Waals surface area contributed by atoms with E-state index in [1.54, 1.807) is 0 Å². The second-order valence-corrected chi connectivity index (χ2v) is 3.80. The van der Waals surface area contributed by atoms with Crippen molar-refractivity contribution in [2.45, 2.75) is 19.3 Å². The van der Waals surface area contributed by atoms with E-state index in [4.69, 9.17) is 0 Å². The molecule has 0 saturated carbocycles. The van der Waals surface area contributed by atoms with Crippen LogP contribution in [0.15, 0.2) is 30.3 Å². The maximum Gasteiger partial charge on any atom is 0.317 e. The van der Waals surface area contributed by atoms with Crippen molar-refractivity contribution < 1.29 is 14.3 Å². The minimum Gasteiger partial charge on any atom is -0.393 e. The second-order valence-electron chi connectivity index (χ2n) is 3.80. The summed E-state index contributed by atoms with van der Waals surface area (Å²) in [6.45, 7) is 1.94. The molecule has 0 aliphatic carbocycles. The summed E-state index contributed by atoms with van der Waals surface area (Å²) in [4.78, 5) is 22.3. The zero-order chi connectivity index (χ0) is 10.8. The minimum atomic E-state index is -0.409. The standard InChI is InChI=1S/C12H12O3/c1-8(9-5-3-2-4-6-9)10-7-11(13)15-12(10)14/h2-6,8,10H,7H2,1H3/t8-,10+/m0/s1. The summed E-state index contributed by atoms with van der Waals surface area (Å²) in [7, 11) is 0. The van der Waals surface area contributed by atoms with E-state index in [-0.39, 0.29) is 18.3 Å². The SMILES string of the molecule is C[C@@H](c1ccccc1)[C@H]1CC(=O)OC1=O. The van der Waals surface area contributed by atoms with E-state index in [0.717, 1.165) is 5.56 Å². The van der Waals surface area contributed by atoms with Crippen LogP contribution in [0.5, 0.6) is 0 Å². The fourth-order valence-electron chi connectivity index (χ4n) is 1.86. The monoisotopic (exact) mass is 204 g/mol. The molecule has 1 aromatic rings. The Balaban J connectivity index is 2.18. The highest BCUT2D eigenvalue weighted by Crippen LogP contribution is 2.31. The van der Waals surface area contributed by atoms with Crippen molar-refractivity contribution in [2.24, 2.45) is 5.92 Å². The van der Waals surface area contributed by atoms with Crippen molar-refractivity contribution in [3.63, 3.8) is 0 Å². The smallest absolute Gasteiger partial charge is 0.317 e. The Kier molecular flexibility index (Phi) is 2.54. The van der Waals surface area contributed by atoms with Crippen molar-refractivity contribution in [1.29, 1.82) is 0 Å². The molecule has 0 unspecified atom stereocenters. The van der Waals surface area contributed by atoms with Gasteiger partial charge in [0.1, 0.15) is 0 Å². The van der Waals surface area contributed by atoms with Crippen molar-refractivity contribution >= 4 is 11.9 Å². The zero-order valence-electron chi connectivity index (χ0n) is 8.47. The largest absolute Gasteiger partial charge is 0.393 e. The van der Waals surface area contributed by atoms with Gasteiger partial charge in [-0.15, -0.1) is 0 Å². The molecule has 2 rings (SSSR count). The Morgan fingerprint density at radius 2 is 1.93 bits per heavy atom. The van der Waals surface area contributed by atoms with Gasteiger partial charge in [0.2, 0.25) is 0 Å². The van der Waals surface area contributed by atoms with Crippen LogP contribution in [0, 0.1) is 5.92 Å². The minimum absolute atomic E-state index is 0.0325. The van der Waals surface area contributed by atoms with Gasteiger partial charge in [0.15, 0.2) is 0 Å². The first-order chi connectivity index (χ1) is 7.18. The Labute approximate surface area is 88.1 Å². The van der Waals surface area contributed by atoms with Crippen LogP contribution in [-0.2, 0) is 14.3 Å². The summed E-state index contributed by atoms with van der Waals surface area (Å²) >= 11 is 0. The summed E-state index contributed by atoms with van der Waals surface area (Å²) in [6.07, 6.45) is 0.203. The van der Waals surface area contributed by atoms with Crippen molar-refractivity contribution in [3.8, 4) is 0 Å². The number of carbonyl (C=O) groups is 2. The molecule has 1 fully saturated rings. The lowest BCUT2D eigenvalue weighted by Gasteiger charge is -2.14. The highest BCUT2D eigenvalue weighted by Gasteiger charge is 2.37. The first-order valence-electron chi connectivity index (χ1n) is 4.98. The van der Waals surface area contributed by atoms with Crippen LogP contribution in [-0.4, -0.2) is 11.9 Å². The molecule has 3 nitrogen and oxygen atoms in total. The molecule has 0 N–H and O–H groups in total. The Morgan fingerprint density at radius 3 is 2.47 bits per heavy atom. The van der Waals surface area contributed by atoms with E-state index < -0.39 is 11.9 Å². The van der Waals surface area contributed by atoms with E-state index in [0.29, 0.717) is 0 Å². The van der Waals surface area contributed by atoms with Gasteiger partial charge in [0, 0.05) is 0 Å². The predicted molar refractivity (Wildman–Crippen MR) is 54.1 cm³/mol. The maximum atomic E-state index is 11.4. The van der Waals surface area contributed by atoms with Gasteiger partial charge in [0.05, 0.1) is 12.3 Å². The molecule has 3 heteroatoms. The van der Waals surface area contributed by atoms with Crippen LogP contribution in [0.3, 0.4) is 0 Å². The molecule has 15 heavy (non-hydrogen) atoms. The topological polar surface area (TPSA) is 43.4 Å². The van der Waals surface area contributed by atoms with E-state index in [1.807, 2.05) is 37.3 Å². The highest BCUT2D eigenvalue weighted by atomic mass is 16.6. The molecule has 1 saturated heterocycles. The number of esters is 2. The molecule has 0 radical (unpaired) electrons. The first kappa shape index (κ1) is 9.90. The molecular formula is C12H12O3. The van der Waals surface area contributed by atoms with Crippen LogP contribution in [0.1, 0.15) is 24.8 Å². The average Bonchev–Trinajstić information content (AvgIpc) is 2.58. The number of hydrogen-bond acceptors (Lipinski definition) is 3. The van der Waals surface area contributed by atoms with Crippen LogP contribution in [0.25, 0.3) is 0 Å². The number of rotatable bonds is 2. The van der Waals surface area contributed by atoms with Crippen molar-refractivity contribution in [1.82, 2.24) is 0 Å². The number of ether oxygens (including phenoxy) is 1. The first-order valence-corrected chi connectivity index (χ1v) is 4.98. The predicted octanol–water partition coefficient (Wildman–Crippen LogP) is 1.88. The van der Waals surface area contributed by atoms with E-state index in [2.05, 4.69) is 4.74 Å². The molecule has 1 heterocycles. The summed E-state index contributed by atoms with van der Waals surface area (Å²) in [5.74, 6) is -1.09. The fourth-order valence-corrected chi connectivity index (χ4v) is 1.86. The Morgan fingerprint density at radius 1 is 1.27 bits per heavy atom. The molecule has 1 aliphatic rings. The number of hydrogen-bond donors (Lipinski definition) is 0. The summed E-state index contributed by atoms with van der Waals surface area (Å²) in [6, 6.07) is 9.69. The lowest BCUT2D eigenvalue weighted by Crippen LogP contribution is -2.15. The van der Waals surface area contributed by atoms with Gasteiger partial charge in [-0.3, -0.25) is 9.59 Å². The molecule has 0 spiro atoms. The number of carbonyl (C=O) groups excluding carboxylic acids is 2. The van der Waals surface area contributed by atoms with Crippen LogP contribution in [0.2, 0.25) is 0 Å². The summed E-state index contributed by atoms with van der Waals surface area (Å²) in [5, 5.41) is 0. The van der Waals surface area contributed by atoms with Gasteiger partial charge < -0.3 is 4.74 Å². The molecule has 0 bridgehead atoms. The third kappa shape index (κ3) is 1.91. The average molecular weight is 204 g/mol. The number of benzene rings is 1. The van der Waals surface area contributed by atoms with Crippen LogP contribution in [0.4, 0.5) is 0 Å². The van der Waals surface area contributed by atoms with Gasteiger partial charge >= 0.3 is 11.9 Å². The molecule has 2 atom stereocenters. The van der Waals surface area contributed by atoms with Gasteiger partial charge in [-0.2, -0.15) is 0 Å². The third-order valence-corrected chi connectivity index (χ3v) is 2.83. The van der Waals surface area contributed by atoms with E-state index in [9.17, 15) is 9.59 Å². The van der Waals surface area contributed by atoms with Gasteiger partial charge in [-0.1, -0.05) is 37.3 Å². The second kappa shape index (κ2) is 3.85. The molecule has 0 aromatic heterocycles. The molecule has 1 aromatic carbocycles. The molecular weight excluding hydrogens is 192 g/mol. The summed E-state index contributed by atoms with van der Waals surface area (Å²) < 4.78 is 4.54. The number of cyclic esters (lactones) is 2. The highest BCUT2D eigenvalue weighted by molar-refractivity contribution is 5.95. The van der Waals surface area contributed by atoms with Crippen LogP contribution >= 0.6 is 0 Å². The van der Waals surface area contributed by atoms with E-state index in [1.165, 1.54) is 0 Å².